The maximum Gasteiger partial charge on any atom is 0.410 e. The van der Waals surface area contributed by atoms with Gasteiger partial charge in [-0.15, -0.1) is 0 Å². The molecule has 0 spiro atoms. The molecule has 1 rings (SSSR count). The maximum absolute atomic E-state index is 12.5. The highest BCUT2D eigenvalue weighted by Gasteiger charge is 2.31. The second kappa shape index (κ2) is 10.4. The van der Waals surface area contributed by atoms with Gasteiger partial charge in [-0.25, -0.2) is 4.79 Å². The Balaban J connectivity index is 3.00. The Hall–Kier alpha value is -1.63. The lowest BCUT2D eigenvalue weighted by Gasteiger charge is -2.35. The van der Waals surface area contributed by atoms with Gasteiger partial charge in [-0.1, -0.05) is 30.3 Å². The van der Waals surface area contributed by atoms with Crippen molar-refractivity contribution in [2.24, 2.45) is 0 Å². The molecule has 0 unspecified atom stereocenters. The molecule has 142 valence electrons. The lowest BCUT2D eigenvalue weighted by atomic mass is 9.98. The topological polar surface area (TPSA) is 68.2 Å². The molecule has 0 heterocycles. The van der Waals surface area contributed by atoms with Crippen molar-refractivity contribution in [1.29, 1.82) is 0 Å². The van der Waals surface area contributed by atoms with Gasteiger partial charge < -0.3 is 24.2 Å². The first-order chi connectivity index (χ1) is 11.8. The minimum atomic E-state index is -0.581. The summed E-state index contributed by atoms with van der Waals surface area (Å²) in [6, 6.07) is 9.57. The maximum atomic E-state index is 12.5. The number of ether oxygens (including phenoxy) is 3. The molecule has 1 N–H and O–H groups in total. The minimum absolute atomic E-state index is 0.0399. The Labute approximate surface area is 150 Å². The zero-order chi connectivity index (χ0) is 18.9. The molecule has 6 nitrogen and oxygen atoms in total. The number of carbonyl (C=O) groups is 1. The standard InChI is InChI=1S/C19H31NO5/c1-19(2,3)25-18(22)20(4)16(13-15-9-7-6-8-10-15)17(11-12-21)24-14-23-5/h6-10,16-17,21H,11-14H2,1-5H3/t16-,17+/m0/s1. The van der Waals surface area contributed by atoms with Crippen LogP contribution in [0, 0.1) is 0 Å². The van der Waals surface area contributed by atoms with Gasteiger partial charge in [0, 0.05) is 20.8 Å². The fourth-order valence-electron chi connectivity index (χ4n) is 2.51. The average molecular weight is 353 g/mol. The van der Waals surface area contributed by atoms with Crippen LogP contribution in [-0.2, 0) is 20.6 Å². The van der Waals surface area contributed by atoms with Gasteiger partial charge in [-0.2, -0.15) is 0 Å². The van der Waals surface area contributed by atoms with Crippen LogP contribution >= 0.6 is 0 Å². The summed E-state index contributed by atoms with van der Waals surface area (Å²) in [5.41, 5.74) is 0.495. The summed E-state index contributed by atoms with van der Waals surface area (Å²) < 4.78 is 16.2. The lowest BCUT2D eigenvalue weighted by Crippen LogP contribution is -2.49. The van der Waals surface area contributed by atoms with Gasteiger partial charge in [-0.3, -0.25) is 0 Å². The van der Waals surface area contributed by atoms with E-state index < -0.39 is 11.7 Å². The van der Waals surface area contributed by atoms with E-state index in [4.69, 9.17) is 14.2 Å². The van der Waals surface area contributed by atoms with Gasteiger partial charge in [-0.05, 0) is 39.2 Å². The van der Waals surface area contributed by atoms with Crippen molar-refractivity contribution in [2.45, 2.75) is 51.4 Å². The zero-order valence-corrected chi connectivity index (χ0v) is 15.9. The number of amides is 1. The molecule has 1 amide bonds. The van der Waals surface area contributed by atoms with E-state index in [0.29, 0.717) is 12.8 Å². The number of hydrogen-bond acceptors (Lipinski definition) is 5. The molecule has 0 saturated heterocycles. The number of aliphatic hydroxyl groups is 1. The van der Waals surface area contributed by atoms with Gasteiger partial charge in [0.2, 0.25) is 0 Å². The number of rotatable bonds is 9. The van der Waals surface area contributed by atoms with Gasteiger partial charge >= 0.3 is 6.09 Å². The van der Waals surface area contributed by atoms with Crippen molar-refractivity contribution < 1.29 is 24.1 Å². The summed E-state index contributed by atoms with van der Waals surface area (Å²) in [5.74, 6) is 0. The Kier molecular flexibility index (Phi) is 8.89. The molecule has 1 aromatic carbocycles. The van der Waals surface area contributed by atoms with Crippen LogP contribution in [0.4, 0.5) is 4.79 Å². The average Bonchev–Trinajstić information content (AvgIpc) is 2.55. The first-order valence-corrected chi connectivity index (χ1v) is 8.49. The molecule has 0 fully saturated rings. The number of methoxy groups -OCH3 is 1. The van der Waals surface area contributed by atoms with Crippen molar-refractivity contribution in [3.8, 4) is 0 Å². The quantitative estimate of drug-likeness (QED) is 0.692. The summed E-state index contributed by atoms with van der Waals surface area (Å²) in [6.07, 6.45) is 0.193. The van der Waals surface area contributed by atoms with Crippen LogP contribution in [0.3, 0.4) is 0 Å². The van der Waals surface area contributed by atoms with Crippen LogP contribution in [0.25, 0.3) is 0 Å². The Morgan fingerprint density at radius 3 is 2.40 bits per heavy atom. The molecule has 25 heavy (non-hydrogen) atoms. The zero-order valence-electron chi connectivity index (χ0n) is 15.9. The first-order valence-electron chi connectivity index (χ1n) is 8.49. The molecule has 0 aliphatic heterocycles. The number of nitrogens with zero attached hydrogens (tertiary/aromatic N) is 1. The molecule has 0 saturated carbocycles. The molecule has 0 aromatic heterocycles. The number of carbonyl (C=O) groups excluding carboxylic acids is 1. The third-order valence-corrected chi connectivity index (χ3v) is 3.71. The van der Waals surface area contributed by atoms with Crippen molar-refractivity contribution in [2.75, 3.05) is 27.6 Å². The van der Waals surface area contributed by atoms with Gasteiger partial charge in [0.25, 0.3) is 0 Å². The Morgan fingerprint density at radius 1 is 1.24 bits per heavy atom. The molecule has 2 atom stereocenters. The van der Waals surface area contributed by atoms with E-state index in [1.54, 1.807) is 19.1 Å². The summed E-state index contributed by atoms with van der Waals surface area (Å²) in [4.78, 5) is 14.1. The molecular formula is C19H31NO5. The molecule has 6 heteroatoms. The highest BCUT2D eigenvalue weighted by atomic mass is 16.7. The molecule has 1 aromatic rings. The van der Waals surface area contributed by atoms with Crippen molar-refractivity contribution >= 4 is 6.09 Å². The molecule has 0 radical (unpaired) electrons. The van der Waals surface area contributed by atoms with Crippen LogP contribution in [0.2, 0.25) is 0 Å². The second-order valence-electron chi connectivity index (χ2n) is 6.97. The Morgan fingerprint density at radius 2 is 1.88 bits per heavy atom. The Bertz CT molecular complexity index is 500. The lowest BCUT2D eigenvalue weighted by molar-refractivity contribution is -0.103. The fourth-order valence-corrected chi connectivity index (χ4v) is 2.51. The highest BCUT2D eigenvalue weighted by Crippen LogP contribution is 2.19. The monoisotopic (exact) mass is 353 g/mol. The van der Waals surface area contributed by atoms with Gasteiger partial charge in [0.1, 0.15) is 12.4 Å². The van der Waals surface area contributed by atoms with E-state index in [1.807, 2.05) is 51.1 Å². The predicted molar refractivity (Wildman–Crippen MR) is 96.4 cm³/mol. The van der Waals surface area contributed by atoms with E-state index in [1.165, 1.54) is 0 Å². The third kappa shape index (κ3) is 7.86. The van der Waals surface area contributed by atoms with Gasteiger partial charge in [0.15, 0.2) is 0 Å². The highest BCUT2D eigenvalue weighted by molar-refractivity contribution is 5.68. The summed E-state index contributed by atoms with van der Waals surface area (Å²) in [5, 5.41) is 9.40. The second-order valence-corrected chi connectivity index (χ2v) is 6.97. The van der Waals surface area contributed by atoms with Crippen LogP contribution < -0.4 is 0 Å². The summed E-state index contributed by atoms with van der Waals surface area (Å²) >= 11 is 0. The normalized spacial score (nSPS) is 14.0. The van der Waals surface area contributed by atoms with E-state index in [2.05, 4.69) is 0 Å². The molecule has 0 aliphatic rings. The van der Waals surface area contributed by atoms with E-state index >= 15 is 0 Å². The summed E-state index contributed by atoms with van der Waals surface area (Å²) in [6.45, 7) is 5.55. The van der Waals surface area contributed by atoms with E-state index in [0.717, 1.165) is 5.56 Å². The van der Waals surface area contributed by atoms with Crippen LogP contribution in [-0.4, -0.2) is 61.4 Å². The molecular weight excluding hydrogens is 322 g/mol. The number of aliphatic hydroxyl groups excluding tert-OH is 1. The minimum Gasteiger partial charge on any atom is -0.444 e. The van der Waals surface area contributed by atoms with E-state index in [-0.39, 0.29) is 25.5 Å². The largest absolute Gasteiger partial charge is 0.444 e. The molecule has 0 aliphatic carbocycles. The predicted octanol–water partition coefficient (Wildman–Crippen LogP) is 2.84. The van der Waals surface area contributed by atoms with Gasteiger partial charge in [0.05, 0.1) is 12.1 Å². The number of benzene rings is 1. The third-order valence-electron chi connectivity index (χ3n) is 3.71. The number of likely N-dealkylation sites (N-methyl/N-ethyl adjacent to an activating group) is 1. The molecule has 0 bridgehead atoms. The van der Waals surface area contributed by atoms with Crippen LogP contribution in [0.5, 0.6) is 0 Å². The van der Waals surface area contributed by atoms with E-state index in [9.17, 15) is 9.90 Å². The summed E-state index contributed by atoms with van der Waals surface area (Å²) in [7, 11) is 3.24. The van der Waals surface area contributed by atoms with Crippen molar-refractivity contribution in [1.82, 2.24) is 4.90 Å². The van der Waals surface area contributed by atoms with Crippen LogP contribution in [0.15, 0.2) is 30.3 Å². The first kappa shape index (κ1) is 21.4. The van der Waals surface area contributed by atoms with Crippen LogP contribution in [0.1, 0.15) is 32.8 Å². The SMILES string of the molecule is COCO[C@H](CCO)[C@H](Cc1ccccc1)N(C)C(=O)OC(C)(C)C. The van der Waals surface area contributed by atoms with Crippen molar-refractivity contribution in [3.63, 3.8) is 0 Å². The smallest absolute Gasteiger partial charge is 0.410 e. The van der Waals surface area contributed by atoms with Crippen molar-refractivity contribution in [3.05, 3.63) is 35.9 Å². The number of hydrogen-bond donors (Lipinski definition) is 1. The fraction of sp³-hybridized carbons (Fsp3) is 0.632.